The van der Waals surface area contributed by atoms with Crippen molar-refractivity contribution in [3.8, 4) is 28.6 Å². The summed E-state index contributed by atoms with van der Waals surface area (Å²) in [5.74, 6) is 1.29. The molecule has 0 atom stereocenters. The van der Waals surface area contributed by atoms with E-state index in [-0.39, 0.29) is 0 Å². The van der Waals surface area contributed by atoms with Crippen LogP contribution in [0.1, 0.15) is 26.3 Å². The van der Waals surface area contributed by atoms with E-state index in [0.29, 0.717) is 52.3 Å². The van der Waals surface area contributed by atoms with E-state index in [4.69, 9.17) is 27.3 Å². The van der Waals surface area contributed by atoms with Crippen molar-refractivity contribution in [3.05, 3.63) is 60.6 Å². The molecule has 5 aromatic rings. The van der Waals surface area contributed by atoms with Crippen LogP contribution in [0.2, 0.25) is 0 Å². The topological polar surface area (TPSA) is 113 Å². The summed E-state index contributed by atoms with van der Waals surface area (Å²) in [4.78, 5) is 19.8. The van der Waals surface area contributed by atoms with Crippen molar-refractivity contribution in [2.45, 2.75) is 33.2 Å². The van der Waals surface area contributed by atoms with Crippen LogP contribution in [0, 0.1) is 0 Å². The monoisotopic (exact) mass is 461 g/mol. The second-order valence-corrected chi connectivity index (χ2v) is 7.09. The van der Waals surface area contributed by atoms with Crippen LogP contribution in [0.25, 0.3) is 39.8 Å². The molecular formula is C23H24ClN9. The Hall–Kier alpha value is -3.85. The Labute approximate surface area is 196 Å². The minimum Gasteiger partial charge on any atom is -0.382 e. The third-order valence-electron chi connectivity index (χ3n) is 4.87. The lowest BCUT2D eigenvalue weighted by atomic mass is 10.2. The molecule has 5 rings (SSSR count). The molecule has 0 aliphatic carbocycles. The van der Waals surface area contributed by atoms with Gasteiger partial charge in [0.05, 0.1) is 18.4 Å². The van der Waals surface area contributed by atoms with Gasteiger partial charge in [-0.1, -0.05) is 26.0 Å². The Morgan fingerprint density at radius 1 is 0.939 bits per heavy atom. The molecule has 0 amide bonds. The van der Waals surface area contributed by atoms with Crippen LogP contribution < -0.4 is 5.73 Å². The predicted octanol–water partition coefficient (Wildman–Crippen LogP) is 4.50. The third kappa shape index (κ3) is 4.27. The zero-order valence-electron chi connectivity index (χ0n) is 18.6. The zero-order valence-corrected chi connectivity index (χ0v) is 19.4. The summed E-state index contributed by atoms with van der Waals surface area (Å²) in [6, 6.07) is 11.7. The molecule has 4 aromatic heterocycles. The number of halogens is 1. The Bertz CT molecular complexity index is 1370. The normalized spacial score (nSPS) is 10.8. The van der Waals surface area contributed by atoms with Gasteiger partial charge in [-0.3, -0.25) is 4.57 Å². The van der Waals surface area contributed by atoms with Gasteiger partial charge in [-0.05, 0) is 36.8 Å². The Morgan fingerprint density at radius 2 is 1.70 bits per heavy atom. The molecule has 168 valence electrons. The SMILES string of the molecule is CC.CCn1ncc(-c2ccc3nc(-c4nccnc4N)n(-c4ccc(CCl)cc4)c3n2)n1. The molecule has 0 fully saturated rings. The van der Waals surface area contributed by atoms with Gasteiger partial charge in [-0.2, -0.15) is 15.0 Å². The molecule has 2 N–H and O–H groups in total. The molecule has 33 heavy (non-hydrogen) atoms. The van der Waals surface area contributed by atoms with Crippen molar-refractivity contribution in [2.75, 3.05) is 5.73 Å². The van der Waals surface area contributed by atoms with E-state index in [2.05, 4.69) is 20.2 Å². The minimum atomic E-state index is 0.294. The number of fused-ring (bicyclic) bond motifs is 1. The van der Waals surface area contributed by atoms with Crippen LogP contribution in [0.4, 0.5) is 5.82 Å². The summed E-state index contributed by atoms with van der Waals surface area (Å²) >= 11 is 5.97. The minimum absolute atomic E-state index is 0.294. The van der Waals surface area contributed by atoms with E-state index < -0.39 is 0 Å². The number of benzene rings is 1. The Morgan fingerprint density at radius 3 is 2.36 bits per heavy atom. The van der Waals surface area contributed by atoms with E-state index in [1.807, 2.05) is 61.7 Å². The standard InChI is InChI=1S/C21H18ClN9.C2H6/c1-2-30-26-12-17(29-30)15-7-8-16-20(27-15)31(14-5-3-13(11-22)4-6-14)21(28-16)18-19(23)25-10-9-24-18;1-2/h3-10,12H,2,11H2,1H3,(H2,23,25);1-2H3. The number of anilines is 1. The van der Waals surface area contributed by atoms with Crippen molar-refractivity contribution in [1.29, 1.82) is 0 Å². The number of pyridine rings is 1. The van der Waals surface area contributed by atoms with Crippen LogP contribution in [-0.2, 0) is 12.4 Å². The van der Waals surface area contributed by atoms with E-state index in [1.54, 1.807) is 23.4 Å². The molecule has 0 unspecified atom stereocenters. The molecule has 4 heterocycles. The lowest BCUT2D eigenvalue weighted by Crippen LogP contribution is -2.04. The quantitative estimate of drug-likeness (QED) is 0.383. The molecule has 0 radical (unpaired) electrons. The summed E-state index contributed by atoms with van der Waals surface area (Å²) in [7, 11) is 0. The fraction of sp³-hybridized carbons (Fsp3) is 0.217. The fourth-order valence-electron chi connectivity index (χ4n) is 3.33. The van der Waals surface area contributed by atoms with Gasteiger partial charge in [0, 0.05) is 24.0 Å². The van der Waals surface area contributed by atoms with Crippen molar-refractivity contribution in [2.24, 2.45) is 0 Å². The highest BCUT2D eigenvalue weighted by molar-refractivity contribution is 6.17. The number of rotatable bonds is 5. The van der Waals surface area contributed by atoms with Gasteiger partial charge in [0.25, 0.3) is 0 Å². The molecule has 0 spiro atoms. The molecule has 0 saturated heterocycles. The maximum absolute atomic E-state index is 6.12. The first-order valence-corrected chi connectivity index (χ1v) is 11.2. The number of nitrogen functional groups attached to an aromatic ring is 1. The number of nitrogens with zero attached hydrogens (tertiary/aromatic N) is 8. The molecule has 0 aliphatic heterocycles. The van der Waals surface area contributed by atoms with Crippen molar-refractivity contribution >= 4 is 28.6 Å². The highest BCUT2D eigenvalue weighted by Gasteiger charge is 2.20. The van der Waals surface area contributed by atoms with Crippen LogP contribution in [0.5, 0.6) is 0 Å². The van der Waals surface area contributed by atoms with Crippen molar-refractivity contribution < 1.29 is 0 Å². The van der Waals surface area contributed by atoms with Gasteiger partial charge in [-0.25, -0.2) is 19.9 Å². The lowest BCUT2D eigenvalue weighted by Gasteiger charge is -2.10. The molecule has 0 bridgehead atoms. The number of aryl methyl sites for hydroxylation is 1. The zero-order chi connectivity index (χ0) is 23.4. The summed E-state index contributed by atoms with van der Waals surface area (Å²) in [5, 5.41) is 8.72. The van der Waals surface area contributed by atoms with E-state index in [1.165, 1.54) is 0 Å². The van der Waals surface area contributed by atoms with Crippen molar-refractivity contribution in [3.63, 3.8) is 0 Å². The number of alkyl halides is 1. The van der Waals surface area contributed by atoms with Gasteiger partial charge in [-0.15, -0.1) is 11.6 Å². The molecule has 1 aromatic carbocycles. The average Bonchev–Trinajstić information content (AvgIpc) is 3.50. The lowest BCUT2D eigenvalue weighted by molar-refractivity contribution is 0.570. The molecule has 0 saturated carbocycles. The van der Waals surface area contributed by atoms with Crippen LogP contribution in [-0.4, -0.2) is 39.5 Å². The fourth-order valence-corrected chi connectivity index (χ4v) is 3.50. The Balaban J connectivity index is 0.00000126. The second-order valence-electron chi connectivity index (χ2n) is 6.82. The van der Waals surface area contributed by atoms with Crippen LogP contribution >= 0.6 is 11.6 Å². The molecule has 9 nitrogen and oxygen atoms in total. The largest absolute Gasteiger partial charge is 0.382 e. The van der Waals surface area contributed by atoms with Crippen LogP contribution in [0.3, 0.4) is 0 Å². The predicted molar refractivity (Wildman–Crippen MR) is 130 cm³/mol. The maximum Gasteiger partial charge on any atom is 0.169 e. The third-order valence-corrected chi connectivity index (χ3v) is 5.18. The number of nitrogens with two attached hydrogens (primary N) is 1. The second kappa shape index (κ2) is 9.74. The highest BCUT2D eigenvalue weighted by Crippen LogP contribution is 2.30. The molecule has 0 aliphatic rings. The number of hydrogen-bond donors (Lipinski definition) is 1. The van der Waals surface area contributed by atoms with E-state index in [9.17, 15) is 0 Å². The van der Waals surface area contributed by atoms with Gasteiger partial charge in [0.15, 0.2) is 17.3 Å². The van der Waals surface area contributed by atoms with Gasteiger partial charge >= 0.3 is 0 Å². The number of hydrogen-bond acceptors (Lipinski definition) is 7. The summed E-state index contributed by atoms with van der Waals surface area (Å²) in [5.41, 5.74) is 11.2. The van der Waals surface area contributed by atoms with E-state index in [0.717, 1.165) is 11.3 Å². The molecule has 10 heteroatoms. The highest BCUT2D eigenvalue weighted by atomic mass is 35.5. The number of imidazole rings is 1. The summed E-state index contributed by atoms with van der Waals surface area (Å²) < 4.78 is 1.92. The number of aromatic nitrogens is 8. The average molecular weight is 462 g/mol. The Kier molecular flexibility index (Phi) is 6.60. The van der Waals surface area contributed by atoms with Gasteiger partial charge in [0.2, 0.25) is 0 Å². The summed E-state index contributed by atoms with van der Waals surface area (Å²) in [6.07, 6.45) is 4.84. The first-order valence-electron chi connectivity index (χ1n) is 10.7. The maximum atomic E-state index is 6.12. The smallest absolute Gasteiger partial charge is 0.169 e. The summed E-state index contributed by atoms with van der Waals surface area (Å²) in [6.45, 7) is 6.67. The van der Waals surface area contributed by atoms with Crippen molar-refractivity contribution in [1.82, 2.24) is 39.5 Å². The van der Waals surface area contributed by atoms with E-state index >= 15 is 0 Å². The first-order chi connectivity index (χ1) is 16.2. The van der Waals surface area contributed by atoms with Gasteiger partial charge < -0.3 is 5.73 Å². The first kappa shape index (κ1) is 22.3. The molecular weight excluding hydrogens is 438 g/mol. The van der Waals surface area contributed by atoms with Gasteiger partial charge in [0.1, 0.15) is 16.9 Å². The van der Waals surface area contributed by atoms with Crippen LogP contribution in [0.15, 0.2) is 55.0 Å².